The van der Waals surface area contributed by atoms with Crippen molar-refractivity contribution in [2.45, 2.75) is 12.5 Å². The molecule has 0 bridgehead atoms. The number of ether oxygens (including phenoxy) is 1. The largest absolute Gasteiger partial charge is 0.385 e. The van der Waals surface area contributed by atoms with E-state index in [9.17, 15) is 4.79 Å². The molecule has 0 fully saturated rings. The molecule has 3 N–H and O–H groups in total. The highest BCUT2D eigenvalue weighted by Gasteiger charge is 2.15. The molecule has 1 amide bonds. The second-order valence-electron chi connectivity index (χ2n) is 4.95. The van der Waals surface area contributed by atoms with Crippen LogP contribution >= 0.6 is 23.2 Å². The fourth-order valence-electron chi connectivity index (χ4n) is 2.10. The highest BCUT2D eigenvalue weighted by molar-refractivity contribution is 6.33. The van der Waals surface area contributed by atoms with Gasteiger partial charge in [-0.3, -0.25) is 4.79 Å². The molecule has 5 nitrogen and oxygen atoms in total. The standard InChI is InChI=1S/C16H17Cl2N3O2/c1-23-7-6-14(10-2-4-12(17)5-3-10)21-16-13(18)8-11(9-20-16)15(19)22/h2-5,8-9,14H,6-7H2,1H3,(H2,19,22)(H,20,21). The van der Waals surface area contributed by atoms with Crippen LogP contribution in [0.2, 0.25) is 10.0 Å². The maximum absolute atomic E-state index is 11.2. The highest BCUT2D eigenvalue weighted by atomic mass is 35.5. The van der Waals surface area contributed by atoms with Gasteiger partial charge in [0.2, 0.25) is 5.91 Å². The van der Waals surface area contributed by atoms with Crippen molar-refractivity contribution in [2.24, 2.45) is 5.73 Å². The molecular weight excluding hydrogens is 337 g/mol. The Morgan fingerprint density at radius 1 is 1.35 bits per heavy atom. The minimum absolute atomic E-state index is 0.0587. The average molecular weight is 354 g/mol. The number of aromatic nitrogens is 1. The number of nitrogens with one attached hydrogen (secondary N) is 1. The van der Waals surface area contributed by atoms with Crippen LogP contribution in [0.4, 0.5) is 5.82 Å². The lowest BCUT2D eigenvalue weighted by molar-refractivity contribution is 0.1000. The SMILES string of the molecule is COCCC(Nc1ncc(C(N)=O)cc1Cl)c1ccc(Cl)cc1. The summed E-state index contributed by atoms with van der Waals surface area (Å²) < 4.78 is 5.16. The Kier molecular flexibility index (Phi) is 6.21. The Hall–Kier alpha value is -1.82. The number of rotatable bonds is 7. The maximum atomic E-state index is 11.2. The van der Waals surface area contributed by atoms with Gasteiger partial charge in [0.05, 0.1) is 16.6 Å². The van der Waals surface area contributed by atoms with Gasteiger partial charge in [-0.15, -0.1) is 0 Å². The van der Waals surface area contributed by atoms with Crippen molar-refractivity contribution in [2.75, 3.05) is 19.0 Å². The highest BCUT2D eigenvalue weighted by Crippen LogP contribution is 2.27. The van der Waals surface area contributed by atoms with Crippen LogP contribution in [0.3, 0.4) is 0 Å². The van der Waals surface area contributed by atoms with Gasteiger partial charge in [0, 0.05) is 24.9 Å². The third kappa shape index (κ3) is 4.82. The van der Waals surface area contributed by atoms with E-state index in [0.717, 1.165) is 5.56 Å². The number of carbonyl (C=O) groups is 1. The monoisotopic (exact) mass is 353 g/mol. The molecule has 1 atom stereocenters. The van der Waals surface area contributed by atoms with Crippen molar-refractivity contribution < 1.29 is 9.53 Å². The van der Waals surface area contributed by atoms with Gasteiger partial charge >= 0.3 is 0 Å². The first-order valence-corrected chi connectivity index (χ1v) is 7.73. The summed E-state index contributed by atoms with van der Waals surface area (Å²) in [6.07, 6.45) is 2.11. The molecule has 0 aliphatic heterocycles. The number of amides is 1. The molecule has 2 aromatic rings. The van der Waals surface area contributed by atoms with Crippen LogP contribution in [-0.4, -0.2) is 24.6 Å². The van der Waals surface area contributed by atoms with Crippen LogP contribution in [0.1, 0.15) is 28.4 Å². The number of halogens is 2. The van der Waals surface area contributed by atoms with E-state index in [4.69, 9.17) is 33.7 Å². The van der Waals surface area contributed by atoms with Gasteiger partial charge in [0.1, 0.15) is 5.82 Å². The van der Waals surface area contributed by atoms with Crippen molar-refractivity contribution in [3.05, 3.63) is 57.7 Å². The summed E-state index contributed by atoms with van der Waals surface area (Å²) in [4.78, 5) is 15.3. The molecule has 0 aliphatic carbocycles. The van der Waals surface area contributed by atoms with E-state index >= 15 is 0 Å². The summed E-state index contributed by atoms with van der Waals surface area (Å²) >= 11 is 12.1. The lowest BCUT2D eigenvalue weighted by Gasteiger charge is -2.20. The molecule has 122 valence electrons. The molecule has 0 aliphatic rings. The van der Waals surface area contributed by atoms with Crippen LogP contribution < -0.4 is 11.1 Å². The second kappa shape index (κ2) is 8.15. The first-order chi connectivity index (χ1) is 11.0. The molecular formula is C16H17Cl2N3O2. The van der Waals surface area contributed by atoms with Gasteiger partial charge in [-0.2, -0.15) is 0 Å². The molecule has 1 heterocycles. The number of hydrogen-bond acceptors (Lipinski definition) is 4. The van der Waals surface area contributed by atoms with E-state index in [1.54, 1.807) is 7.11 Å². The second-order valence-corrected chi connectivity index (χ2v) is 5.79. The number of anilines is 1. The van der Waals surface area contributed by atoms with E-state index in [-0.39, 0.29) is 11.6 Å². The Morgan fingerprint density at radius 3 is 2.61 bits per heavy atom. The van der Waals surface area contributed by atoms with Gasteiger partial charge < -0.3 is 15.8 Å². The molecule has 2 rings (SSSR count). The Morgan fingerprint density at radius 2 is 2.04 bits per heavy atom. The first-order valence-electron chi connectivity index (χ1n) is 6.97. The Bertz CT molecular complexity index is 678. The number of carbonyl (C=O) groups excluding carboxylic acids is 1. The minimum atomic E-state index is -0.570. The molecule has 0 saturated carbocycles. The fourth-order valence-corrected chi connectivity index (χ4v) is 2.44. The number of primary amides is 1. The zero-order valence-corrected chi connectivity index (χ0v) is 14.1. The number of hydrogen-bond donors (Lipinski definition) is 2. The first kappa shape index (κ1) is 17.5. The zero-order valence-electron chi connectivity index (χ0n) is 12.6. The molecule has 0 spiro atoms. The minimum Gasteiger partial charge on any atom is -0.385 e. The van der Waals surface area contributed by atoms with Crippen LogP contribution in [0.25, 0.3) is 0 Å². The number of pyridine rings is 1. The number of benzene rings is 1. The predicted octanol–water partition coefficient (Wildman–Crippen LogP) is 3.68. The molecule has 7 heteroatoms. The summed E-state index contributed by atoms with van der Waals surface area (Å²) in [6, 6.07) is 8.95. The molecule has 1 aromatic heterocycles. The predicted molar refractivity (Wildman–Crippen MR) is 92.1 cm³/mol. The summed E-state index contributed by atoms with van der Waals surface area (Å²) in [5.41, 5.74) is 6.51. The third-order valence-corrected chi connectivity index (χ3v) is 3.86. The molecule has 1 unspecified atom stereocenters. The number of nitrogens with two attached hydrogens (primary N) is 1. The van der Waals surface area contributed by atoms with Crippen molar-refractivity contribution >= 4 is 34.9 Å². The number of methoxy groups -OCH3 is 1. The van der Waals surface area contributed by atoms with Crippen LogP contribution in [0.5, 0.6) is 0 Å². The average Bonchev–Trinajstić information content (AvgIpc) is 2.53. The lowest BCUT2D eigenvalue weighted by atomic mass is 10.0. The number of nitrogens with zero attached hydrogens (tertiary/aromatic N) is 1. The van der Waals surface area contributed by atoms with Crippen LogP contribution in [-0.2, 0) is 4.74 Å². The van der Waals surface area contributed by atoms with Gasteiger partial charge in [-0.1, -0.05) is 35.3 Å². The van der Waals surface area contributed by atoms with Crippen LogP contribution in [0, 0.1) is 0 Å². The third-order valence-electron chi connectivity index (χ3n) is 3.32. The summed E-state index contributed by atoms with van der Waals surface area (Å²) in [5, 5.41) is 4.26. The van der Waals surface area contributed by atoms with E-state index in [0.29, 0.717) is 28.9 Å². The zero-order chi connectivity index (χ0) is 16.8. The normalized spacial score (nSPS) is 12.0. The van der Waals surface area contributed by atoms with E-state index < -0.39 is 5.91 Å². The van der Waals surface area contributed by atoms with Gasteiger partial charge in [0.25, 0.3) is 0 Å². The summed E-state index contributed by atoms with van der Waals surface area (Å²) in [5.74, 6) is -0.0905. The molecule has 0 saturated heterocycles. The van der Waals surface area contributed by atoms with E-state index in [2.05, 4.69) is 10.3 Å². The molecule has 0 radical (unpaired) electrons. The maximum Gasteiger partial charge on any atom is 0.250 e. The van der Waals surface area contributed by atoms with Gasteiger partial charge in [-0.25, -0.2) is 4.98 Å². The van der Waals surface area contributed by atoms with Crippen molar-refractivity contribution in [1.82, 2.24) is 4.98 Å². The smallest absolute Gasteiger partial charge is 0.250 e. The van der Waals surface area contributed by atoms with Crippen molar-refractivity contribution in [3.8, 4) is 0 Å². The van der Waals surface area contributed by atoms with E-state index in [1.807, 2.05) is 24.3 Å². The van der Waals surface area contributed by atoms with Crippen molar-refractivity contribution in [1.29, 1.82) is 0 Å². The molecule has 23 heavy (non-hydrogen) atoms. The van der Waals surface area contributed by atoms with Gasteiger partial charge in [-0.05, 0) is 30.2 Å². The quantitative estimate of drug-likeness (QED) is 0.795. The molecule has 1 aromatic carbocycles. The summed E-state index contributed by atoms with van der Waals surface area (Å²) in [6.45, 7) is 0.567. The van der Waals surface area contributed by atoms with E-state index in [1.165, 1.54) is 12.3 Å². The summed E-state index contributed by atoms with van der Waals surface area (Å²) in [7, 11) is 1.64. The fraction of sp³-hybridized carbons (Fsp3) is 0.250. The van der Waals surface area contributed by atoms with Crippen LogP contribution in [0.15, 0.2) is 36.5 Å². The van der Waals surface area contributed by atoms with Gasteiger partial charge in [0.15, 0.2) is 0 Å². The Balaban J connectivity index is 2.23. The van der Waals surface area contributed by atoms with Crippen molar-refractivity contribution in [3.63, 3.8) is 0 Å². The topological polar surface area (TPSA) is 77.2 Å². The Labute approximate surface area is 144 Å². The lowest BCUT2D eigenvalue weighted by Crippen LogP contribution is -2.16.